The predicted octanol–water partition coefficient (Wildman–Crippen LogP) is 1.81. The Labute approximate surface area is 130 Å². The fourth-order valence-electron chi connectivity index (χ4n) is 1.75. The summed E-state index contributed by atoms with van der Waals surface area (Å²) in [5.74, 6) is 0.913. The zero-order valence-electron chi connectivity index (χ0n) is 12.7. The third kappa shape index (κ3) is 9.09. The number of ether oxygens (including phenoxy) is 1. The molecule has 1 aromatic carbocycles. The summed E-state index contributed by atoms with van der Waals surface area (Å²) in [5, 5.41) is 7.71. The van der Waals surface area contributed by atoms with E-state index < -0.39 is 10.1 Å². The third-order valence-electron chi connectivity index (χ3n) is 2.73. The molecule has 0 amide bonds. The molecule has 2 rings (SSSR count). The van der Waals surface area contributed by atoms with Gasteiger partial charge in [0, 0.05) is 12.7 Å². The number of unbranched alkanes of at least 4 members (excludes halogenated alkanes) is 1. The average molecular weight is 327 g/mol. The van der Waals surface area contributed by atoms with Crippen LogP contribution in [0.5, 0.6) is 5.75 Å². The summed E-state index contributed by atoms with van der Waals surface area (Å²) in [5.41, 5.74) is 1.35. The standard InChI is InChI=1S/C13H17N3O.CH4O3S/c1-17-13-7-5-12(6-8-13)4-2-3-10-16-11-9-14-15-16;1-5(2,3)4/h5-9,11H,2-4,10H2,1H3;1H3,(H,2,3,4). The van der Waals surface area contributed by atoms with Gasteiger partial charge in [-0.1, -0.05) is 17.3 Å². The van der Waals surface area contributed by atoms with Gasteiger partial charge < -0.3 is 4.74 Å². The highest BCUT2D eigenvalue weighted by atomic mass is 32.2. The van der Waals surface area contributed by atoms with Gasteiger partial charge in [-0.3, -0.25) is 9.23 Å². The first-order valence-electron chi connectivity index (χ1n) is 6.78. The summed E-state index contributed by atoms with van der Waals surface area (Å²) >= 11 is 0. The van der Waals surface area contributed by atoms with Crippen LogP contribution < -0.4 is 4.74 Å². The lowest BCUT2D eigenvalue weighted by Crippen LogP contribution is -1.99. The molecule has 8 heteroatoms. The smallest absolute Gasteiger partial charge is 0.261 e. The number of aromatic nitrogens is 3. The zero-order valence-corrected chi connectivity index (χ0v) is 13.5. The first-order chi connectivity index (χ1) is 10.4. The van der Waals surface area contributed by atoms with Crippen LogP contribution in [-0.2, 0) is 23.1 Å². The Hall–Kier alpha value is -1.93. The summed E-state index contributed by atoms with van der Waals surface area (Å²) in [7, 11) is -1.98. The molecule has 7 nitrogen and oxygen atoms in total. The largest absolute Gasteiger partial charge is 0.497 e. The summed E-state index contributed by atoms with van der Waals surface area (Å²) in [4.78, 5) is 0. The van der Waals surface area contributed by atoms with E-state index in [1.807, 2.05) is 23.0 Å². The molecule has 0 atom stereocenters. The van der Waals surface area contributed by atoms with Crippen LogP contribution in [0.4, 0.5) is 0 Å². The van der Waals surface area contributed by atoms with E-state index in [0.717, 1.165) is 31.6 Å². The third-order valence-corrected chi connectivity index (χ3v) is 2.73. The molecule has 1 aromatic heterocycles. The van der Waals surface area contributed by atoms with Crippen LogP contribution in [-0.4, -0.2) is 41.3 Å². The molecule has 0 fully saturated rings. The Bertz CT molecular complexity index is 617. The minimum atomic E-state index is -3.67. The molecule has 0 aliphatic carbocycles. The summed E-state index contributed by atoms with van der Waals surface area (Å²) in [6.45, 7) is 0.941. The number of hydrogen-bond donors (Lipinski definition) is 1. The molecule has 0 radical (unpaired) electrons. The fourth-order valence-corrected chi connectivity index (χ4v) is 1.75. The molecule has 0 aliphatic rings. The normalized spacial score (nSPS) is 10.7. The van der Waals surface area contributed by atoms with Crippen LogP contribution in [0.1, 0.15) is 18.4 Å². The van der Waals surface area contributed by atoms with Gasteiger partial charge in [-0.2, -0.15) is 8.42 Å². The van der Waals surface area contributed by atoms with Crippen molar-refractivity contribution >= 4 is 10.1 Å². The van der Waals surface area contributed by atoms with Crippen molar-refractivity contribution in [3.05, 3.63) is 42.2 Å². The second-order valence-electron chi connectivity index (χ2n) is 4.70. The number of aryl methyl sites for hydroxylation is 2. The number of nitrogens with zero attached hydrogens (tertiary/aromatic N) is 3. The molecule has 0 saturated carbocycles. The first-order valence-corrected chi connectivity index (χ1v) is 8.63. The van der Waals surface area contributed by atoms with Gasteiger partial charge in [0.2, 0.25) is 0 Å². The van der Waals surface area contributed by atoms with Crippen molar-refractivity contribution in [1.29, 1.82) is 0 Å². The van der Waals surface area contributed by atoms with E-state index in [2.05, 4.69) is 22.4 Å². The molecular weight excluding hydrogens is 306 g/mol. The Balaban J connectivity index is 0.000000422. The molecule has 22 heavy (non-hydrogen) atoms. The molecule has 0 bridgehead atoms. The summed E-state index contributed by atoms with van der Waals surface area (Å²) in [6, 6.07) is 8.25. The maximum atomic E-state index is 9.19. The Morgan fingerprint density at radius 3 is 2.36 bits per heavy atom. The number of hydrogen-bond acceptors (Lipinski definition) is 5. The van der Waals surface area contributed by atoms with Crippen LogP contribution in [0.2, 0.25) is 0 Å². The minimum absolute atomic E-state index is 0.715. The van der Waals surface area contributed by atoms with Gasteiger partial charge in [0.15, 0.2) is 0 Å². The van der Waals surface area contributed by atoms with Gasteiger partial charge in [-0.25, -0.2) is 0 Å². The molecule has 0 saturated heterocycles. The van der Waals surface area contributed by atoms with Crippen molar-refractivity contribution in [1.82, 2.24) is 15.0 Å². The molecular formula is C14H21N3O4S. The Morgan fingerprint density at radius 1 is 1.23 bits per heavy atom. The molecule has 2 aromatic rings. The molecule has 1 N–H and O–H groups in total. The van der Waals surface area contributed by atoms with Gasteiger partial charge >= 0.3 is 0 Å². The SMILES string of the molecule is COc1ccc(CCCCn2ccnn2)cc1.CS(=O)(=O)O. The number of methoxy groups -OCH3 is 1. The highest BCUT2D eigenvalue weighted by molar-refractivity contribution is 7.85. The van der Waals surface area contributed by atoms with Crippen LogP contribution in [0.15, 0.2) is 36.7 Å². The number of benzene rings is 1. The van der Waals surface area contributed by atoms with Crippen molar-refractivity contribution in [3.8, 4) is 5.75 Å². The van der Waals surface area contributed by atoms with Crippen LogP contribution in [0.25, 0.3) is 0 Å². The quantitative estimate of drug-likeness (QED) is 0.642. The van der Waals surface area contributed by atoms with Crippen LogP contribution in [0.3, 0.4) is 0 Å². The monoisotopic (exact) mass is 327 g/mol. The fraction of sp³-hybridized carbons (Fsp3) is 0.429. The van der Waals surface area contributed by atoms with Crippen molar-refractivity contribution in [2.75, 3.05) is 13.4 Å². The minimum Gasteiger partial charge on any atom is -0.497 e. The van der Waals surface area contributed by atoms with Gasteiger partial charge in [0.1, 0.15) is 5.75 Å². The predicted molar refractivity (Wildman–Crippen MR) is 83.4 cm³/mol. The van der Waals surface area contributed by atoms with Crippen molar-refractivity contribution < 1.29 is 17.7 Å². The molecule has 0 aliphatic heterocycles. The summed E-state index contributed by atoms with van der Waals surface area (Å²) in [6.07, 6.45) is 7.70. The summed E-state index contributed by atoms with van der Waals surface area (Å²) < 4.78 is 32.9. The molecule has 122 valence electrons. The van der Waals surface area contributed by atoms with Gasteiger partial charge in [0.25, 0.3) is 10.1 Å². The van der Waals surface area contributed by atoms with E-state index >= 15 is 0 Å². The van der Waals surface area contributed by atoms with Crippen LogP contribution >= 0.6 is 0 Å². The van der Waals surface area contributed by atoms with Crippen molar-refractivity contribution in [2.45, 2.75) is 25.8 Å². The average Bonchev–Trinajstić information content (AvgIpc) is 2.96. The van der Waals surface area contributed by atoms with E-state index in [-0.39, 0.29) is 0 Å². The van der Waals surface area contributed by atoms with Crippen LogP contribution in [0, 0.1) is 0 Å². The number of rotatable bonds is 6. The van der Waals surface area contributed by atoms with E-state index in [0.29, 0.717) is 6.26 Å². The first kappa shape index (κ1) is 18.1. The lowest BCUT2D eigenvalue weighted by atomic mass is 10.1. The molecule has 0 unspecified atom stereocenters. The Morgan fingerprint density at radius 2 is 1.86 bits per heavy atom. The van der Waals surface area contributed by atoms with Gasteiger partial charge in [0.05, 0.1) is 19.6 Å². The second kappa shape index (κ2) is 9.16. The topological polar surface area (TPSA) is 94.3 Å². The lowest BCUT2D eigenvalue weighted by molar-refractivity contribution is 0.414. The lowest BCUT2D eigenvalue weighted by Gasteiger charge is -2.03. The molecule has 0 spiro atoms. The van der Waals surface area contributed by atoms with E-state index in [9.17, 15) is 8.42 Å². The highest BCUT2D eigenvalue weighted by Gasteiger charge is 1.96. The van der Waals surface area contributed by atoms with Gasteiger partial charge in [-0.15, -0.1) is 5.10 Å². The van der Waals surface area contributed by atoms with Gasteiger partial charge in [-0.05, 0) is 37.0 Å². The van der Waals surface area contributed by atoms with E-state index in [4.69, 9.17) is 9.29 Å². The highest BCUT2D eigenvalue weighted by Crippen LogP contribution is 2.13. The van der Waals surface area contributed by atoms with Crippen molar-refractivity contribution in [2.24, 2.45) is 0 Å². The van der Waals surface area contributed by atoms with E-state index in [1.165, 1.54) is 5.56 Å². The second-order valence-corrected chi connectivity index (χ2v) is 6.17. The Kier molecular flexibility index (Phi) is 7.55. The maximum Gasteiger partial charge on any atom is 0.261 e. The molecule has 1 heterocycles. The maximum absolute atomic E-state index is 9.19. The van der Waals surface area contributed by atoms with E-state index in [1.54, 1.807) is 13.3 Å². The van der Waals surface area contributed by atoms with Crippen molar-refractivity contribution in [3.63, 3.8) is 0 Å². The zero-order chi connectivity index (χ0) is 16.4.